The number of nitrogens with zero attached hydrogens (tertiary/aromatic N) is 1. The fourth-order valence-corrected chi connectivity index (χ4v) is 3.58. The Kier molecular flexibility index (Phi) is 5.48. The molecule has 0 saturated heterocycles. The lowest BCUT2D eigenvalue weighted by Gasteiger charge is -2.11. The van der Waals surface area contributed by atoms with Gasteiger partial charge in [0.25, 0.3) is 0 Å². The molecule has 9 heteroatoms. The third kappa shape index (κ3) is 4.55. The van der Waals surface area contributed by atoms with Gasteiger partial charge >= 0.3 is 6.18 Å². The summed E-state index contributed by atoms with van der Waals surface area (Å²) in [4.78, 5) is 3.34. The highest BCUT2D eigenvalue weighted by atomic mass is 32.2. The van der Waals surface area contributed by atoms with E-state index in [9.17, 15) is 26.0 Å². The fourth-order valence-electron chi connectivity index (χ4n) is 2.53. The van der Waals surface area contributed by atoms with Gasteiger partial charge in [0.15, 0.2) is 0 Å². The van der Waals surface area contributed by atoms with E-state index < -0.39 is 39.0 Å². The van der Waals surface area contributed by atoms with Gasteiger partial charge in [0.05, 0.1) is 10.5 Å². The van der Waals surface area contributed by atoms with Gasteiger partial charge in [-0.05, 0) is 53.6 Å². The van der Waals surface area contributed by atoms with Crippen LogP contribution in [0.4, 0.5) is 17.6 Å². The van der Waals surface area contributed by atoms with Crippen LogP contribution in [0, 0.1) is 5.82 Å². The lowest BCUT2D eigenvalue weighted by Crippen LogP contribution is -2.24. The van der Waals surface area contributed by atoms with Crippen LogP contribution >= 0.6 is 0 Å². The zero-order chi connectivity index (χ0) is 20.4. The summed E-state index contributed by atoms with van der Waals surface area (Å²) in [6, 6.07) is 11.0. The number of hydrogen-bond donors (Lipinski definition) is 1. The van der Waals surface area contributed by atoms with E-state index in [0.29, 0.717) is 11.6 Å². The lowest BCUT2D eigenvalue weighted by molar-refractivity contribution is -0.137. The Morgan fingerprint density at radius 1 is 0.929 bits per heavy atom. The van der Waals surface area contributed by atoms with E-state index in [2.05, 4.69) is 9.71 Å². The first kappa shape index (κ1) is 20.0. The maximum absolute atomic E-state index is 14.1. The molecule has 0 fully saturated rings. The van der Waals surface area contributed by atoms with Crippen LogP contribution in [0.5, 0.6) is 0 Å². The van der Waals surface area contributed by atoms with Crippen molar-refractivity contribution in [3.8, 4) is 11.1 Å². The monoisotopic (exact) mass is 410 g/mol. The van der Waals surface area contributed by atoms with Gasteiger partial charge in [0.2, 0.25) is 10.0 Å². The fraction of sp³-hybridized carbons (Fsp3) is 0.105. The van der Waals surface area contributed by atoms with Gasteiger partial charge in [-0.15, -0.1) is 0 Å². The zero-order valence-corrected chi connectivity index (χ0v) is 15.1. The molecule has 1 aromatic heterocycles. The van der Waals surface area contributed by atoms with Crippen LogP contribution in [0.15, 0.2) is 71.9 Å². The summed E-state index contributed by atoms with van der Waals surface area (Å²) in [6.07, 6.45) is -1.54. The predicted molar refractivity (Wildman–Crippen MR) is 95.1 cm³/mol. The summed E-state index contributed by atoms with van der Waals surface area (Å²) in [5, 5.41) is 0. The first-order valence-electron chi connectivity index (χ1n) is 8.02. The maximum Gasteiger partial charge on any atom is 0.416 e. The van der Waals surface area contributed by atoms with Gasteiger partial charge in [0, 0.05) is 24.5 Å². The van der Waals surface area contributed by atoms with E-state index in [1.807, 2.05) is 0 Å². The standard InChI is InChI=1S/C19H14F4N2O2S/c20-18-5-4-14(13-6-8-24-9-7-13)10-15(18)12-25-28(26,27)17-3-1-2-16(11-17)19(21,22)23/h1-11,25H,12H2. The molecule has 2 aromatic carbocycles. The van der Waals surface area contributed by atoms with Crippen molar-refractivity contribution >= 4 is 10.0 Å². The van der Waals surface area contributed by atoms with Crippen molar-refractivity contribution in [1.82, 2.24) is 9.71 Å². The van der Waals surface area contributed by atoms with Crippen molar-refractivity contribution in [2.45, 2.75) is 17.6 Å². The number of nitrogens with one attached hydrogen (secondary N) is 1. The van der Waals surface area contributed by atoms with Crippen molar-refractivity contribution in [2.24, 2.45) is 0 Å². The number of sulfonamides is 1. The second-order valence-corrected chi connectivity index (χ2v) is 7.66. The molecule has 0 atom stereocenters. The van der Waals surface area contributed by atoms with Gasteiger partial charge in [0.1, 0.15) is 5.82 Å². The molecule has 4 nitrogen and oxygen atoms in total. The van der Waals surface area contributed by atoms with Crippen LogP contribution in [0.25, 0.3) is 11.1 Å². The van der Waals surface area contributed by atoms with Crippen LogP contribution < -0.4 is 4.72 Å². The lowest BCUT2D eigenvalue weighted by atomic mass is 10.0. The number of halogens is 4. The molecular formula is C19H14F4N2O2S. The number of hydrogen-bond acceptors (Lipinski definition) is 3. The SMILES string of the molecule is O=S(=O)(NCc1cc(-c2ccncc2)ccc1F)c1cccc(C(F)(F)F)c1. The number of pyridine rings is 1. The average molecular weight is 410 g/mol. The zero-order valence-electron chi connectivity index (χ0n) is 14.2. The first-order valence-corrected chi connectivity index (χ1v) is 9.51. The van der Waals surface area contributed by atoms with E-state index >= 15 is 0 Å². The summed E-state index contributed by atoms with van der Waals surface area (Å²) >= 11 is 0. The molecular weight excluding hydrogens is 396 g/mol. The summed E-state index contributed by atoms with van der Waals surface area (Å²) in [6.45, 7) is -0.413. The molecule has 0 aliphatic heterocycles. The highest BCUT2D eigenvalue weighted by molar-refractivity contribution is 7.89. The molecule has 0 unspecified atom stereocenters. The van der Waals surface area contributed by atoms with Gasteiger partial charge in [-0.3, -0.25) is 4.98 Å². The number of rotatable bonds is 5. The van der Waals surface area contributed by atoms with Crippen LogP contribution in [0.2, 0.25) is 0 Å². The number of aromatic nitrogens is 1. The van der Waals surface area contributed by atoms with Crippen molar-refractivity contribution in [1.29, 1.82) is 0 Å². The van der Waals surface area contributed by atoms with E-state index in [0.717, 1.165) is 23.8 Å². The van der Waals surface area contributed by atoms with Crippen LogP contribution in [-0.4, -0.2) is 13.4 Å². The molecule has 3 rings (SSSR count). The third-order valence-electron chi connectivity index (χ3n) is 3.98. The van der Waals surface area contributed by atoms with E-state index in [-0.39, 0.29) is 5.56 Å². The van der Waals surface area contributed by atoms with Crippen LogP contribution in [0.3, 0.4) is 0 Å². The Hall–Kier alpha value is -2.78. The Labute approximate surface area is 158 Å². The van der Waals surface area contributed by atoms with Crippen LogP contribution in [0.1, 0.15) is 11.1 Å². The minimum absolute atomic E-state index is 0.0601. The predicted octanol–water partition coefficient (Wildman–Crippen LogP) is 4.39. The largest absolute Gasteiger partial charge is 0.416 e. The molecule has 0 bridgehead atoms. The van der Waals surface area contributed by atoms with Crippen molar-refractivity contribution in [3.63, 3.8) is 0 Å². The molecule has 0 radical (unpaired) electrons. The quantitative estimate of drug-likeness (QED) is 0.635. The molecule has 0 aliphatic carbocycles. The van der Waals surface area contributed by atoms with E-state index in [1.54, 1.807) is 24.5 Å². The molecule has 0 aliphatic rings. The summed E-state index contributed by atoms with van der Waals surface area (Å²) in [7, 11) is -4.26. The second kappa shape index (κ2) is 7.69. The van der Waals surface area contributed by atoms with Crippen molar-refractivity contribution in [3.05, 3.63) is 83.9 Å². The van der Waals surface area contributed by atoms with Gasteiger partial charge in [-0.2, -0.15) is 13.2 Å². The number of benzene rings is 2. The summed E-state index contributed by atoms with van der Waals surface area (Å²) in [5.74, 6) is -0.635. The third-order valence-corrected chi connectivity index (χ3v) is 5.38. The molecule has 1 N–H and O–H groups in total. The summed E-state index contributed by atoms with van der Waals surface area (Å²) < 4.78 is 79.3. The molecule has 146 valence electrons. The highest BCUT2D eigenvalue weighted by Gasteiger charge is 2.31. The maximum atomic E-state index is 14.1. The molecule has 0 spiro atoms. The van der Waals surface area contributed by atoms with Crippen LogP contribution in [-0.2, 0) is 22.7 Å². The molecule has 1 heterocycles. The topological polar surface area (TPSA) is 59.1 Å². The first-order chi connectivity index (χ1) is 13.2. The van der Waals surface area contributed by atoms with Crippen molar-refractivity contribution < 1.29 is 26.0 Å². The molecule has 0 saturated carbocycles. The van der Waals surface area contributed by atoms with Gasteiger partial charge in [-0.25, -0.2) is 17.5 Å². The average Bonchev–Trinajstić information content (AvgIpc) is 2.67. The number of alkyl halides is 3. The minimum atomic E-state index is -4.67. The Balaban J connectivity index is 1.84. The normalized spacial score (nSPS) is 12.1. The Morgan fingerprint density at radius 3 is 2.32 bits per heavy atom. The smallest absolute Gasteiger partial charge is 0.265 e. The van der Waals surface area contributed by atoms with Gasteiger partial charge < -0.3 is 0 Å². The van der Waals surface area contributed by atoms with Gasteiger partial charge in [-0.1, -0.05) is 12.1 Å². The molecule has 28 heavy (non-hydrogen) atoms. The molecule has 3 aromatic rings. The minimum Gasteiger partial charge on any atom is -0.265 e. The Morgan fingerprint density at radius 2 is 1.64 bits per heavy atom. The second-order valence-electron chi connectivity index (χ2n) is 5.89. The molecule has 0 amide bonds. The van der Waals surface area contributed by atoms with E-state index in [4.69, 9.17) is 0 Å². The van der Waals surface area contributed by atoms with E-state index in [1.165, 1.54) is 18.2 Å². The Bertz CT molecular complexity index is 1080. The van der Waals surface area contributed by atoms with Crippen molar-refractivity contribution in [2.75, 3.05) is 0 Å². The summed E-state index contributed by atoms with van der Waals surface area (Å²) in [5.41, 5.74) is 0.389. The highest BCUT2D eigenvalue weighted by Crippen LogP contribution is 2.30.